The second kappa shape index (κ2) is 6.21. The van der Waals surface area contributed by atoms with Gasteiger partial charge in [-0.15, -0.1) is 11.3 Å². The smallest absolute Gasteiger partial charge is 0.247 e. The quantitative estimate of drug-likeness (QED) is 0.621. The van der Waals surface area contributed by atoms with E-state index in [2.05, 4.69) is 20.4 Å². The van der Waals surface area contributed by atoms with Crippen LogP contribution in [0.4, 0.5) is 5.82 Å². The molecule has 0 bridgehead atoms. The van der Waals surface area contributed by atoms with Gasteiger partial charge in [0, 0.05) is 24.2 Å². The summed E-state index contributed by atoms with van der Waals surface area (Å²) in [5.41, 5.74) is 1.91. The molecule has 0 saturated carbocycles. The Morgan fingerprint density at radius 3 is 2.83 bits per heavy atom. The number of nitrogens with one attached hydrogen (secondary N) is 1. The van der Waals surface area contributed by atoms with Crippen LogP contribution >= 0.6 is 11.3 Å². The summed E-state index contributed by atoms with van der Waals surface area (Å²) in [5, 5.41) is 7.67. The second-order valence-electron chi connectivity index (χ2n) is 5.17. The monoisotopic (exact) mass is 335 g/mol. The highest BCUT2D eigenvalue weighted by molar-refractivity contribution is 7.21. The summed E-state index contributed by atoms with van der Waals surface area (Å²) in [6.07, 6.45) is 5.10. The van der Waals surface area contributed by atoms with Crippen LogP contribution in [0.5, 0.6) is 0 Å². The van der Waals surface area contributed by atoms with Gasteiger partial charge < -0.3 is 5.32 Å². The predicted octanol–water partition coefficient (Wildman–Crippen LogP) is 3.19. The number of aromatic nitrogens is 4. The summed E-state index contributed by atoms with van der Waals surface area (Å²) >= 11 is 1.62. The Kier molecular flexibility index (Phi) is 3.76. The van der Waals surface area contributed by atoms with Crippen molar-refractivity contribution in [2.24, 2.45) is 0 Å². The first kappa shape index (κ1) is 14.5. The maximum Gasteiger partial charge on any atom is 0.247 e. The molecule has 4 rings (SSSR count). The molecule has 1 N–H and O–H groups in total. The molecule has 1 aromatic carbocycles. The first-order valence-electron chi connectivity index (χ1n) is 7.37. The number of nitrogens with zero attached hydrogens (tertiary/aromatic N) is 4. The van der Waals surface area contributed by atoms with Gasteiger partial charge in [0.1, 0.15) is 17.4 Å². The molecule has 118 valence electrons. The number of fused-ring (bicyclic) bond motifs is 1. The lowest BCUT2D eigenvalue weighted by molar-refractivity contribution is -0.116. The van der Waals surface area contributed by atoms with E-state index in [1.165, 1.54) is 0 Å². The zero-order valence-corrected chi connectivity index (χ0v) is 13.4. The number of rotatable bonds is 4. The van der Waals surface area contributed by atoms with Crippen molar-refractivity contribution in [3.63, 3.8) is 0 Å². The summed E-state index contributed by atoms with van der Waals surface area (Å²) in [6.45, 7) is 0.161. The number of hydrogen-bond acceptors (Lipinski definition) is 5. The van der Waals surface area contributed by atoms with E-state index in [4.69, 9.17) is 0 Å². The topological polar surface area (TPSA) is 72.7 Å². The van der Waals surface area contributed by atoms with E-state index in [1.807, 2.05) is 30.3 Å². The van der Waals surface area contributed by atoms with E-state index >= 15 is 0 Å². The van der Waals surface area contributed by atoms with Gasteiger partial charge in [-0.25, -0.2) is 9.97 Å². The molecule has 0 unspecified atom stereocenters. The molecular formula is C17H13N5OS. The molecule has 24 heavy (non-hydrogen) atoms. The van der Waals surface area contributed by atoms with E-state index < -0.39 is 0 Å². The van der Waals surface area contributed by atoms with E-state index in [-0.39, 0.29) is 12.5 Å². The van der Waals surface area contributed by atoms with Crippen LogP contribution in [0.2, 0.25) is 0 Å². The molecule has 0 aliphatic heterocycles. The maximum absolute atomic E-state index is 11.9. The normalized spacial score (nSPS) is 10.8. The lowest BCUT2D eigenvalue weighted by atomic mass is 10.3. The van der Waals surface area contributed by atoms with Crippen LogP contribution in [0.25, 0.3) is 20.8 Å². The minimum Gasteiger partial charge on any atom is -0.309 e. The number of pyridine rings is 1. The summed E-state index contributed by atoms with van der Waals surface area (Å²) in [6, 6.07) is 13.5. The molecule has 1 amide bonds. The average Bonchev–Trinajstić information content (AvgIpc) is 3.24. The summed E-state index contributed by atoms with van der Waals surface area (Å²) in [4.78, 5) is 20.8. The van der Waals surface area contributed by atoms with Crippen LogP contribution in [-0.4, -0.2) is 25.7 Å². The van der Waals surface area contributed by atoms with Crippen molar-refractivity contribution in [2.75, 3.05) is 5.32 Å². The van der Waals surface area contributed by atoms with Crippen LogP contribution in [-0.2, 0) is 11.3 Å². The maximum atomic E-state index is 11.9. The minimum atomic E-state index is -0.168. The number of hydrogen-bond donors (Lipinski definition) is 1. The zero-order chi connectivity index (χ0) is 16.4. The van der Waals surface area contributed by atoms with Gasteiger partial charge in [0.15, 0.2) is 0 Å². The fourth-order valence-electron chi connectivity index (χ4n) is 2.31. The Morgan fingerprint density at radius 1 is 1.17 bits per heavy atom. The largest absolute Gasteiger partial charge is 0.309 e. The number of carbonyl (C=O) groups is 1. The molecule has 6 nitrogen and oxygen atoms in total. The highest BCUT2D eigenvalue weighted by Crippen LogP contribution is 2.29. The summed E-state index contributed by atoms with van der Waals surface area (Å²) in [7, 11) is 0. The van der Waals surface area contributed by atoms with Gasteiger partial charge in [0.2, 0.25) is 5.91 Å². The van der Waals surface area contributed by atoms with E-state index in [0.717, 1.165) is 20.8 Å². The number of para-hydroxylation sites is 1. The Balaban J connectivity index is 1.49. The van der Waals surface area contributed by atoms with Gasteiger partial charge >= 0.3 is 0 Å². The number of anilines is 1. The molecule has 0 saturated heterocycles. The molecule has 3 aromatic heterocycles. The van der Waals surface area contributed by atoms with Crippen LogP contribution < -0.4 is 5.32 Å². The number of thiazole rings is 1. The third-order valence-electron chi connectivity index (χ3n) is 3.44. The Morgan fingerprint density at radius 2 is 2.08 bits per heavy atom. The van der Waals surface area contributed by atoms with Gasteiger partial charge in [-0.3, -0.25) is 9.48 Å². The Bertz CT molecular complexity index is 943. The molecule has 0 atom stereocenters. The highest BCUT2D eigenvalue weighted by Gasteiger charge is 2.08. The van der Waals surface area contributed by atoms with Gasteiger partial charge in [0.05, 0.1) is 10.2 Å². The number of benzene rings is 1. The van der Waals surface area contributed by atoms with Crippen LogP contribution in [0, 0.1) is 0 Å². The molecule has 7 heteroatoms. The van der Waals surface area contributed by atoms with Crippen LogP contribution in [0.1, 0.15) is 0 Å². The fraction of sp³-hybridized carbons (Fsp3) is 0.0588. The first-order valence-corrected chi connectivity index (χ1v) is 8.19. The predicted molar refractivity (Wildman–Crippen MR) is 93.7 cm³/mol. The van der Waals surface area contributed by atoms with Crippen molar-refractivity contribution in [2.45, 2.75) is 6.54 Å². The summed E-state index contributed by atoms with van der Waals surface area (Å²) < 4.78 is 2.70. The van der Waals surface area contributed by atoms with Gasteiger partial charge in [-0.05, 0) is 30.3 Å². The third kappa shape index (κ3) is 3.02. The van der Waals surface area contributed by atoms with Gasteiger partial charge in [-0.1, -0.05) is 12.1 Å². The van der Waals surface area contributed by atoms with E-state index in [0.29, 0.717) is 5.82 Å². The van der Waals surface area contributed by atoms with Crippen molar-refractivity contribution in [3.8, 4) is 10.6 Å². The number of carbonyl (C=O) groups excluding carboxylic acids is 1. The first-order chi connectivity index (χ1) is 11.8. The molecule has 0 aliphatic rings. The van der Waals surface area contributed by atoms with Crippen LogP contribution in [0.3, 0.4) is 0 Å². The number of amides is 1. The highest BCUT2D eigenvalue weighted by atomic mass is 32.1. The van der Waals surface area contributed by atoms with E-state index in [1.54, 1.807) is 46.7 Å². The van der Waals surface area contributed by atoms with Gasteiger partial charge in [-0.2, -0.15) is 5.10 Å². The van der Waals surface area contributed by atoms with Crippen molar-refractivity contribution >= 4 is 33.3 Å². The molecule has 3 heterocycles. The lowest BCUT2D eigenvalue weighted by Crippen LogP contribution is -2.19. The standard InChI is InChI=1S/C17H13N5OS/c23-16(11-22-9-3-8-19-22)21-15-7-6-12(10-18-15)17-20-13-4-1-2-5-14(13)24-17/h1-10H,11H2,(H,18,21,23). The third-order valence-corrected chi connectivity index (χ3v) is 4.52. The minimum absolute atomic E-state index is 0.161. The average molecular weight is 335 g/mol. The van der Waals surface area contributed by atoms with Crippen molar-refractivity contribution in [3.05, 3.63) is 61.1 Å². The zero-order valence-electron chi connectivity index (χ0n) is 12.6. The van der Waals surface area contributed by atoms with Crippen molar-refractivity contribution in [1.82, 2.24) is 19.7 Å². The molecule has 4 aromatic rings. The molecule has 0 radical (unpaired) electrons. The fourth-order valence-corrected chi connectivity index (χ4v) is 3.27. The molecular weight excluding hydrogens is 322 g/mol. The van der Waals surface area contributed by atoms with E-state index in [9.17, 15) is 4.79 Å². The molecule has 0 spiro atoms. The molecule has 0 aliphatic carbocycles. The van der Waals surface area contributed by atoms with Gasteiger partial charge in [0.25, 0.3) is 0 Å². The second-order valence-corrected chi connectivity index (χ2v) is 6.20. The SMILES string of the molecule is O=C(Cn1cccn1)Nc1ccc(-c2nc3ccccc3s2)cn1. The van der Waals surface area contributed by atoms with Crippen molar-refractivity contribution < 1.29 is 4.79 Å². The summed E-state index contributed by atoms with van der Waals surface area (Å²) in [5.74, 6) is 0.343. The van der Waals surface area contributed by atoms with Crippen LogP contribution in [0.15, 0.2) is 61.1 Å². The Hall–Kier alpha value is -3.06. The van der Waals surface area contributed by atoms with Crippen molar-refractivity contribution in [1.29, 1.82) is 0 Å². The lowest BCUT2D eigenvalue weighted by Gasteiger charge is -2.05. The Labute approximate surface area is 141 Å². The molecule has 0 fully saturated rings.